The highest BCUT2D eigenvalue weighted by Crippen LogP contribution is 2.35. The van der Waals surface area contributed by atoms with Gasteiger partial charge in [0.25, 0.3) is 0 Å². The van der Waals surface area contributed by atoms with E-state index in [0.29, 0.717) is 23.9 Å². The van der Waals surface area contributed by atoms with Gasteiger partial charge in [0.05, 0.1) is 0 Å². The van der Waals surface area contributed by atoms with Crippen molar-refractivity contribution in [3.63, 3.8) is 0 Å². The highest BCUT2D eigenvalue weighted by atomic mass is 16.8. The predicted molar refractivity (Wildman–Crippen MR) is 190 cm³/mol. The summed E-state index contributed by atoms with van der Waals surface area (Å²) < 4.78 is 33.0. The molecule has 0 radical (unpaired) electrons. The van der Waals surface area contributed by atoms with Gasteiger partial charge in [-0.1, -0.05) is 82.8 Å². The maximum absolute atomic E-state index is 11.2. The number of esters is 1. The van der Waals surface area contributed by atoms with Crippen LogP contribution in [0.15, 0.2) is 110 Å². The summed E-state index contributed by atoms with van der Waals surface area (Å²) in [6.07, 6.45) is -0.828. The molecule has 1 heterocycles. The van der Waals surface area contributed by atoms with E-state index in [4.69, 9.17) is 28.4 Å². The topological polar surface area (TPSA) is 116 Å². The van der Waals surface area contributed by atoms with Gasteiger partial charge in [-0.2, -0.15) is 0 Å². The number of epoxide rings is 1. The number of hydrogen-bond donors (Lipinski definition) is 2. The van der Waals surface area contributed by atoms with Crippen LogP contribution in [0.3, 0.4) is 0 Å². The van der Waals surface area contributed by atoms with Gasteiger partial charge in [-0.3, -0.25) is 0 Å². The maximum Gasteiger partial charge on any atom is 0.330 e. The molecule has 264 valence electrons. The number of hydrogen-bond acceptors (Lipinski definition) is 9. The lowest BCUT2D eigenvalue weighted by Gasteiger charge is -2.27. The summed E-state index contributed by atoms with van der Waals surface area (Å²) in [5.74, 6) is 2.13. The van der Waals surface area contributed by atoms with E-state index in [0.717, 1.165) is 28.5 Å². The molecule has 1 saturated heterocycles. The van der Waals surface area contributed by atoms with E-state index in [-0.39, 0.29) is 43.5 Å². The van der Waals surface area contributed by atoms with E-state index < -0.39 is 18.2 Å². The van der Waals surface area contributed by atoms with Crippen LogP contribution in [0.2, 0.25) is 0 Å². The Labute approximate surface area is 294 Å². The molecule has 5 rings (SSSR count). The van der Waals surface area contributed by atoms with Crippen LogP contribution in [0, 0.1) is 0 Å². The zero-order valence-corrected chi connectivity index (χ0v) is 29.0. The van der Waals surface area contributed by atoms with E-state index in [1.54, 1.807) is 0 Å². The van der Waals surface area contributed by atoms with E-state index >= 15 is 0 Å². The third kappa shape index (κ3) is 9.88. The number of aliphatic hydroxyl groups is 2. The third-order valence-corrected chi connectivity index (χ3v) is 8.79. The Bertz CT molecular complexity index is 1670. The van der Waals surface area contributed by atoms with Gasteiger partial charge in [0.15, 0.2) is 0 Å². The lowest BCUT2D eigenvalue weighted by Crippen LogP contribution is -2.25. The van der Waals surface area contributed by atoms with Crippen LogP contribution in [-0.2, 0) is 25.1 Å². The minimum atomic E-state index is -0.945. The second-order valence-corrected chi connectivity index (χ2v) is 13.3. The number of ether oxygens (including phenoxy) is 6. The molecular formula is C41H46O9. The van der Waals surface area contributed by atoms with Gasteiger partial charge in [0.2, 0.25) is 6.29 Å². The molecule has 1 aliphatic heterocycles. The minimum Gasteiger partial charge on any atom is -0.491 e. The molecule has 4 aromatic carbocycles. The number of rotatable bonds is 18. The predicted octanol–water partition coefficient (Wildman–Crippen LogP) is 6.36. The molecule has 1 aliphatic rings. The molecule has 3 atom stereocenters. The van der Waals surface area contributed by atoms with Crippen molar-refractivity contribution in [3.05, 3.63) is 132 Å². The van der Waals surface area contributed by atoms with Crippen molar-refractivity contribution in [2.75, 3.05) is 33.0 Å². The molecule has 0 bridgehead atoms. The minimum absolute atomic E-state index is 0.00850. The molecule has 4 aromatic rings. The van der Waals surface area contributed by atoms with E-state index in [9.17, 15) is 15.0 Å². The van der Waals surface area contributed by atoms with Crippen molar-refractivity contribution < 1.29 is 43.4 Å². The molecule has 0 aliphatic carbocycles. The smallest absolute Gasteiger partial charge is 0.330 e. The van der Waals surface area contributed by atoms with Crippen LogP contribution in [0.1, 0.15) is 49.9 Å². The monoisotopic (exact) mass is 682 g/mol. The zero-order valence-electron chi connectivity index (χ0n) is 29.0. The SMILES string of the molecule is C=CC(=O)OCC(O)COc1ccc(C(C)(C)c2ccc(OCC(O)COc3ccc(C(C)(C)c4ccc(OC5CO5)cc4)cc3)cc2)cc1. The largest absolute Gasteiger partial charge is 0.491 e. The Morgan fingerprint density at radius 1 is 0.660 bits per heavy atom. The summed E-state index contributed by atoms with van der Waals surface area (Å²) in [6.45, 7) is 12.6. The summed E-state index contributed by atoms with van der Waals surface area (Å²) in [5, 5.41) is 20.5. The average Bonchev–Trinajstić information content (AvgIpc) is 3.96. The van der Waals surface area contributed by atoms with E-state index in [1.807, 2.05) is 84.9 Å². The van der Waals surface area contributed by atoms with Crippen LogP contribution >= 0.6 is 0 Å². The van der Waals surface area contributed by atoms with Crippen LogP contribution < -0.4 is 18.9 Å². The van der Waals surface area contributed by atoms with E-state index in [2.05, 4.69) is 46.4 Å². The molecular weight excluding hydrogens is 636 g/mol. The van der Waals surface area contributed by atoms with Crippen molar-refractivity contribution in [3.8, 4) is 23.0 Å². The van der Waals surface area contributed by atoms with Crippen molar-refractivity contribution in [2.24, 2.45) is 0 Å². The first-order valence-corrected chi connectivity index (χ1v) is 16.7. The average molecular weight is 683 g/mol. The molecule has 3 unspecified atom stereocenters. The van der Waals surface area contributed by atoms with Crippen LogP contribution in [-0.4, -0.2) is 67.7 Å². The van der Waals surface area contributed by atoms with Crippen molar-refractivity contribution in [2.45, 2.75) is 57.0 Å². The number of benzene rings is 4. The van der Waals surface area contributed by atoms with Gasteiger partial charge in [-0.15, -0.1) is 0 Å². The molecule has 9 nitrogen and oxygen atoms in total. The molecule has 2 N–H and O–H groups in total. The molecule has 0 saturated carbocycles. The highest BCUT2D eigenvalue weighted by Gasteiger charge is 2.27. The van der Waals surface area contributed by atoms with Crippen LogP contribution in [0.5, 0.6) is 23.0 Å². The first-order valence-electron chi connectivity index (χ1n) is 16.7. The Balaban J connectivity index is 1.05. The Hall–Kier alpha value is -4.83. The second kappa shape index (κ2) is 16.3. The Morgan fingerprint density at radius 2 is 0.980 bits per heavy atom. The fourth-order valence-corrected chi connectivity index (χ4v) is 5.36. The summed E-state index contributed by atoms with van der Waals surface area (Å²) in [7, 11) is 0. The number of carbonyl (C=O) groups excluding carboxylic acids is 1. The molecule has 0 aromatic heterocycles. The standard InChI is InChI=1S/C41H46O9/c1-6-38(44)48-26-33(43)25-47-36-19-9-29(10-20-36)40(2,3)28-7-15-34(16-8-28)45-23-32(42)24-46-35-17-11-30(12-18-35)41(4,5)31-13-21-37(22-14-31)50-39-27-49-39/h6-22,32-33,39,42-43H,1,23-27H2,2-5H3. The second-order valence-electron chi connectivity index (χ2n) is 13.3. The first-order chi connectivity index (χ1) is 23.9. The molecule has 0 spiro atoms. The van der Waals surface area contributed by atoms with Gasteiger partial charge < -0.3 is 38.6 Å². The van der Waals surface area contributed by atoms with Gasteiger partial charge in [0, 0.05) is 16.9 Å². The lowest BCUT2D eigenvalue weighted by atomic mass is 9.78. The fourth-order valence-electron chi connectivity index (χ4n) is 5.36. The molecule has 0 amide bonds. The molecule has 50 heavy (non-hydrogen) atoms. The van der Waals surface area contributed by atoms with Gasteiger partial charge >= 0.3 is 5.97 Å². The number of aliphatic hydroxyl groups excluding tert-OH is 2. The summed E-state index contributed by atoms with van der Waals surface area (Å²) >= 11 is 0. The quantitative estimate of drug-likeness (QED) is 0.0703. The van der Waals surface area contributed by atoms with Crippen LogP contribution in [0.25, 0.3) is 0 Å². The zero-order chi connectivity index (χ0) is 35.7. The van der Waals surface area contributed by atoms with Gasteiger partial charge in [-0.05, 0) is 70.8 Å². The normalized spacial score (nSPS) is 15.4. The van der Waals surface area contributed by atoms with Crippen molar-refractivity contribution >= 4 is 5.97 Å². The summed E-state index contributed by atoms with van der Waals surface area (Å²) in [5.41, 5.74) is 3.95. The van der Waals surface area contributed by atoms with Crippen molar-refractivity contribution in [1.82, 2.24) is 0 Å². The summed E-state index contributed by atoms with van der Waals surface area (Å²) in [4.78, 5) is 11.2. The lowest BCUT2D eigenvalue weighted by molar-refractivity contribution is -0.141. The van der Waals surface area contributed by atoms with Crippen LogP contribution in [0.4, 0.5) is 0 Å². The van der Waals surface area contributed by atoms with E-state index in [1.165, 1.54) is 5.56 Å². The maximum atomic E-state index is 11.2. The Kier molecular flexibility index (Phi) is 11.8. The highest BCUT2D eigenvalue weighted by molar-refractivity contribution is 5.81. The van der Waals surface area contributed by atoms with Gasteiger partial charge in [-0.25, -0.2) is 4.79 Å². The first kappa shape index (κ1) is 36.5. The Morgan fingerprint density at radius 3 is 1.30 bits per heavy atom. The molecule has 9 heteroatoms. The summed E-state index contributed by atoms with van der Waals surface area (Å²) in [6, 6.07) is 31.5. The van der Waals surface area contributed by atoms with Crippen molar-refractivity contribution in [1.29, 1.82) is 0 Å². The number of carbonyl (C=O) groups is 1. The fraction of sp³-hybridized carbons (Fsp3) is 0.341. The third-order valence-electron chi connectivity index (χ3n) is 8.79. The molecule has 1 fully saturated rings. The van der Waals surface area contributed by atoms with Gasteiger partial charge in [0.1, 0.15) is 68.2 Å².